The Hall–Kier alpha value is -2.49. The number of nitrogens with zero attached hydrogens (tertiary/aromatic N) is 4. The first-order valence-electron chi connectivity index (χ1n) is 13.5. The summed E-state index contributed by atoms with van der Waals surface area (Å²) in [7, 11) is 0. The number of amides is 2. The van der Waals surface area contributed by atoms with Crippen LogP contribution >= 0.6 is 0 Å². The molecule has 2 unspecified atom stereocenters. The first kappa shape index (κ1) is 25.2. The van der Waals surface area contributed by atoms with Gasteiger partial charge in [0, 0.05) is 61.8 Å². The average Bonchev–Trinajstić information content (AvgIpc) is 3.52. The van der Waals surface area contributed by atoms with Gasteiger partial charge in [-0.15, -0.1) is 0 Å². The van der Waals surface area contributed by atoms with Crippen molar-refractivity contribution in [3.8, 4) is 0 Å². The van der Waals surface area contributed by atoms with Crippen LogP contribution in [0.1, 0.15) is 69.4 Å². The fourth-order valence-corrected chi connectivity index (χ4v) is 6.39. The van der Waals surface area contributed by atoms with E-state index in [0.717, 1.165) is 56.3 Å². The lowest BCUT2D eigenvalue weighted by molar-refractivity contribution is -0.129. The molecule has 0 saturated carbocycles. The summed E-state index contributed by atoms with van der Waals surface area (Å²) in [6, 6.07) is 9.49. The molecule has 3 N–H and O–H groups in total. The van der Waals surface area contributed by atoms with Gasteiger partial charge in [-0.25, -0.2) is 0 Å². The Morgan fingerprint density at radius 1 is 1.03 bits per heavy atom. The number of piperidine rings is 1. The molecule has 5 rings (SSSR count). The number of benzene rings is 1. The summed E-state index contributed by atoms with van der Waals surface area (Å²) in [5.41, 5.74) is 1.53. The van der Waals surface area contributed by atoms with Crippen molar-refractivity contribution in [1.82, 2.24) is 30.2 Å². The van der Waals surface area contributed by atoms with Gasteiger partial charge in [-0.2, -0.15) is 5.10 Å². The number of fused-ring (bicyclic) bond motifs is 3. The van der Waals surface area contributed by atoms with Crippen LogP contribution in [0.2, 0.25) is 0 Å². The van der Waals surface area contributed by atoms with E-state index >= 15 is 0 Å². The van der Waals surface area contributed by atoms with E-state index in [4.69, 9.17) is 0 Å². The maximum absolute atomic E-state index is 13.3. The van der Waals surface area contributed by atoms with E-state index in [0.29, 0.717) is 17.8 Å². The molecule has 0 aliphatic carbocycles. The van der Waals surface area contributed by atoms with Gasteiger partial charge in [0.2, 0.25) is 5.91 Å². The number of hydrogen-bond acceptors (Lipinski definition) is 6. The van der Waals surface area contributed by atoms with E-state index in [1.807, 2.05) is 28.9 Å². The SMILES string of the molecule is CC(C)n1nc(C(=O)NC2C[C@H]3CC[C@@H](C2)N3CCN2CCC(NC(=O)[C@H](C)O)C2)c2ccccc21. The average molecular weight is 497 g/mol. The van der Waals surface area contributed by atoms with Crippen molar-refractivity contribution in [1.29, 1.82) is 0 Å². The summed E-state index contributed by atoms with van der Waals surface area (Å²) in [5.74, 6) is -0.348. The molecular formula is C27H40N6O3. The number of carbonyl (C=O) groups excluding carboxylic acids is 2. The molecule has 0 spiro atoms. The molecule has 1 aromatic carbocycles. The molecular weight excluding hydrogens is 456 g/mol. The number of rotatable bonds is 8. The molecule has 0 radical (unpaired) electrons. The highest BCUT2D eigenvalue weighted by molar-refractivity contribution is 6.05. The Morgan fingerprint density at radius 3 is 2.44 bits per heavy atom. The van der Waals surface area contributed by atoms with Crippen molar-refractivity contribution in [3.05, 3.63) is 30.0 Å². The zero-order valence-electron chi connectivity index (χ0n) is 21.7. The zero-order valence-corrected chi connectivity index (χ0v) is 21.7. The van der Waals surface area contributed by atoms with Crippen LogP contribution < -0.4 is 10.6 Å². The molecule has 3 saturated heterocycles. The van der Waals surface area contributed by atoms with Crippen LogP contribution in [0.3, 0.4) is 0 Å². The smallest absolute Gasteiger partial charge is 0.272 e. The van der Waals surface area contributed by atoms with Crippen molar-refractivity contribution >= 4 is 22.7 Å². The van der Waals surface area contributed by atoms with Gasteiger partial charge in [-0.3, -0.25) is 24.1 Å². The molecule has 4 heterocycles. The molecule has 3 aliphatic rings. The molecule has 9 heteroatoms. The molecule has 2 bridgehead atoms. The Bertz CT molecular complexity index is 1080. The Labute approximate surface area is 213 Å². The van der Waals surface area contributed by atoms with Crippen LogP contribution in [0.25, 0.3) is 10.9 Å². The van der Waals surface area contributed by atoms with E-state index in [1.54, 1.807) is 0 Å². The number of aliphatic hydroxyl groups excluding tert-OH is 1. The lowest BCUT2D eigenvalue weighted by Crippen LogP contribution is -2.52. The number of para-hydroxylation sites is 1. The van der Waals surface area contributed by atoms with Gasteiger partial charge in [-0.1, -0.05) is 18.2 Å². The minimum Gasteiger partial charge on any atom is -0.384 e. The lowest BCUT2D eigenvalue weighted by Gasteiger charge is -2.39. The van der Waals surface area contributed by atoms with Gasteiger partial charge < -0.3 is 15.7 Å². The number of likely N-dealkylation sites (tertiary alicyclic amines) is 1. The van der Waals surface area contributed by atoms with Crippen LogP contribution in [0.5, 0.6) is 0 Å². The number of hydrogen-bond donors (Lipinski definition) is 3. The first-order chi connectivity index (χ1) is 17.3. The topological polar surface area (TPSA) is 103 Å². The summed E-state index contributed by atoms with van der Waals surface area (Å²) >= 11 is 0. The van der Waals surface area contributed by atoms with Crippen LogP contribution in [0, 0.1) is 0 Å². The van der Waals surface area contributed by atoms with Crippen LogP contribution in [-0.2, 0) is 4.79 Å². The van der Waals surface area contributed by atoms with E-state index in [1.165, 1.54) is 19.8 Å². The van der Waals surface area contributed by atoms with Gasteiger partial charge in [0.15, 0.2) is 5.69 Å². The van der Waals surface area contributed by atoms with Gasteiger partial charge in [0.1, 0.15) is 6.10 Å². The van der Waals surface area contributed by atoms with Crippen LogP contribution in [0.4, 0.5) is 0 Å². The van der Waals surface area contributed by atoms with Crippen molar-refractivity contribution in [2.24, 2.45) is 0 Å². The minimum absolute atomic E-state index is 0.0641. The number of carbonyl (C=O) groups is 2. The number of nitrogens with one attached hydrogen (secondary N) is 2. The summed E-state index contributed by atoms with van der Waals surface area (Å²) in [6.45, 7) is 9.51. The van der Waals surface area contributed by atoms with Crippen LogP contribution in [-0.4, -0.2) is 93.0 Å². The van der Waals surface area contributed by atoms with Crippen molar-refractivity contribution < 1.29 is 14.7 Å². The second kappa shape index (κ2) is 10.5. The molecule has 3 fully saturated rings. The third kappa shape index (κ3) is 5.14. The fraction of sp³-hybridized carbons (Fsp3) is 0.667. The lowest BCUT2D eigenvalue weighted by atomic mass is 9.97. The Morgan fingerprint density at radius 2 is 1.75 bits per heavy atom. The van der Waals surface area contributed by atoms with Crippen molar-refractivity contribution in [2.45, 2.75) is 89.2 Å². The predicted molar refractivity (Wildman–Crippen MR) is 139 cm³/mol. The minimum atomic E-state index is -0.957. The molecule has 2 aromatic rings. The summed E-state index contributed by atoms with van der Waals surface area (Å²) in [4.78, 5) is 30.1. The largest absolute Gasteiger partial charge is 0.384 e. The second-order valence-corrected chi connectivity index (χ2v) is 11.1. The maximum atomic E-state index is 13.3. The fourth-order valence-electron chi connectivity index (χ4n) is 6.39. The van der Waals surface area contributed by atoms with E-state index in [2.05, 4.69) is 39.4 Å². The van der Waals surface area contributed by atoms with Gasteiger partial charge in [0.25, 0.3) is 5.91 Å². The van der Waals surface area contributed by atoms with E-state index in [-0.39, 0.29) is 29.9 Å². The highest BCUT2D eigenvalue weighted by atomic mass is 16.3. The molecule has 1 aromatic heterocycles. The van der Waals surface area contributed by atoms with Gasteiger partial charge in [-0.05, 0) is 58.9 Å². The maximum Gasteiger partial charge on any atom is 0.272 e. The Balaban J connectivity index is 1.14. The first-order valence-corrected chi connectivity index (χ1v) is 13.5. The van der Waals surface area contributed by atoms with Gasteiger partial charge in [0.05, 0.1) is 5.52 Å². The summed E-state index contributed by atoms with van der Waals surface area (Å²) < 4.78 is 1.94. The molecule has 9 nitrogen and oxygen atoms in total. The van der Waals surface area contributed by atoms with E-state index in [9.17, 15) is 14.7 Å². The number of aliphatic hydroxyl groups is 1. The molecule has 36 heavy (non-hydrogen) atoms. The normalized spacial score (nSPS) is 27.6. The highest BCUT2D eigenvalue weighted by Crippen LogP contribution is 2.36. The van der Waals surface area contributed by atoms with Crippen molar-refractivity contribution in [3.63, 3.8) is 0 Å². The molecule has 196 valence electrons. The second-order valence-electron chi connectivity index (χ2n) is 11.1. The predicted octanol–water partition coefficient (Wildman–Crippen LogP) is 1.91. The third-order valence-electron chi connectivity index (χ3n) is 8.21. The van der Waals surface area contributed by atoms with Gasteiger partial charge >= 0.3 is 0 Å². The summed E-state index contributed by atoms with van der Waals surface area (Å²) in [5, 5.41) is 21.3. The standard InChI is InChI=1S/C27H40N6O3/c1-17(2)33-24-7-5-4-6-23(24)25(30-33)27(36)29-20-14-21-8-9-22(15-20)32(21)13-12-31-11-10-19(16-31)28-26(35)18(3)34/h4-7,17-22,34H,8-16H2,1-3H3,(H,28,35)(H,29,36)/t18-,19?,20?,21-,22+/m0/s1. The number of aromatic nitrogens is 2. The van der Waals surface area contributed by atoms with Crippen LogP contribution in [0.15, 0.2) is 24.3 Å². The zero-order chi connectivity index (χ0) is 25.4. The highest BCUT2D eigenvalue weighted by Gasteiger charge is 2.41. The quantitative estimate of drug-likeness (QED) is 0.516. The van der Waals surface area contributed by atoms with Crippen molar-refractivity contribution in [2.75, 3.05) is 26.2 Å². The monoisotopic (exact) mass is 496 g/mol. The molecule has 5 atom stereocenters. The summed E-state index contributed by atoms with van der Waals surface area (Å²) in [6.07, 6.45) is 4.32. The molecule has 3 aliphatic heterocycles. The third-order valence-corrected chi connectivity index (χ3v) is 8.21. The van der Waals surface area contributed by atoms with E-state index < -0.39 is 6.10 Å². The Kier molecular flexibility index (Phi) is 7.32. The molecule has 2 amide bonds.